The van der Waals surface area contributed by atoms with E-state index in [2.05, 4.69) is 77.7 Å². The van der Waals surface area contributed by atoms with E-state index in [1.165, 1.54) is 22.4 Å². The lowest BCUT2D eigenvalue weighted by molar-refractivity contribution is 0.0974. The van der Waals surface area contributed by atoms with E-state index in [-0.39, 0.29) is 5.78 Å². The highest BCUT2D eigenvalue weighted by molar-refractivity contribution is 5.98. The zero-order chi connectivity index (χ0) is 27.7. The van der Waals surface area contributed by atoms with Crippen molar-refractivity contribution in [3.8, 4) is 0 Å². The van der Waals surface area contributed by atoms with E-state index in [4.69, 9.17) is 5.73 Å². The monoisotopic (exact) mass is 530 g/mol. The first-order valence-electron chi connectivity index (χ1n) is 14.5. The quantitative estimate of drug-likeness (QED) is 0.210. The van der Waals surface area contributed by atoms with Crippen LogP contribution in [0, 0.1) is 0 Å². The van der Waals surface area contributed by atoms with E-state index in [1.54, 1.807) is 0 Å². The first-order chi connectivity index (χ1) is 19.6. The molecule has 40 heavy (non-hydrogen) atoms. The Balaban J connectivity index is 0.000000207. The Morgan fingerprint density at radius 3 is 1.57 bits per heavy atom. The fourth-order valence-corrected chi connectivity index (χ4v) is 5.67. The smallest absolute Gasteiger partial charge is 0.163 e. The maximum atomic E-state index is 12.4. The Bertz CT molecular complexity index is 1410. The number of benzene rings is 4. The molecule has 4 heteroatoms. The van der Waals surface area contributed by atoms with Gasteiger partial charge in [0.15, 0.2) is 11.6 Å². The van der Waals surface area contributed by atoms with Gasteiger partial charge >= 0.3 is 0 Å². The van der Waals surface area contributed by atoms with Crippen LogP contribution in [0.1, 0.15) is 81.5 Å². The molecule has 2 aliphatic rings. The van der Waals surface area contributed by atoms with Crippen molar-refractivity contribution in [2.75, 3.05) is 10.6 Å². The number of nitrogens with two attached hydrogens (primary N) is 1. The lowest BCUT2D eigenvalue weighted by Crippen LogP contribution is -2.22. The summed E-state index contributed by atoms with van der Waals surface area (Å²) in [7, 11) is 0. The lowest BCUT2D eigenvalue weighted by atomic mass is 10.0. The number of carbonyl (C=O) groups is 2. The number of rotatable bonds is 5. The summed E-state index contributed by atoms with van der Waals surface area (Å²) in [4.78, 5) is 26.3. The molecule has 0 aliphatic heterocycles. The maximum Gasteiger partial charge on any atom is 0.163 e. The minimum Gasteiger partial charge on any atom is -0.399 e. The zero-order valence-electron chi connectivity index (χ0n) is 23.1. The van der Waals surface area contributed by atoms with Crippen molar-refractivity contribution in [1.29, 1.82) is 0 Å². The fraction of sp³-hybridized carbons (Fsp3) is 0.278. The van der Waals surface area contributed by atoms with Crippen LogP contribution < -0.4 is 10.6 Å². The van der Waals surface area contributed by atoms with Gasteiger partial charge in [-0.1, -0.05) is 60.7 Å². The van der Waals surface area contributed by atoms with Crippen molar-refractivity contribution in [3.63, 3.8) is 0 Å². The topological polar surface area (TPSA) is 63.4 Å². The van der Waals surface area contributed by atoms with Crippen LogP contribution in [0.5, 0.6) is 0 Å². The van der Waals surface area contributed by atoms with Gasteiger partial charge in [-0.3, -0.25) is 9.59 Å². The van der Waals surface area contributed by atoms with Gasteiger partial charge in [0.2, 0.25) is 0 Å². The van der Waals surface area contributed by atoms with Crippen molar-refractivity contribution >= 4 is 22.9 Å². The molecule has 4 aromatic rings. The average Bonchev–Trinajstić information content (AvgIpc) is 3.28. The van der Waals surface area contributed by atoms with Gasteiger partial charge in [0, 0.05) is 48.4 Å². The highest BCUT2D eigenvalue weighted by atomic mass is 16.1. The summed E-state index contributed by atoms with van der Waals surface area (Å²) in [5.41, 5.74) is 14.3. The Labute approximate surface area is 237 Å². The van der Waals surface area contributed by atoms with Gasteiger partial charge in [0.25, 0.3) is 0 Å². The molecule has 2 N–H and O–H groups in total. The van der Waals surface area contributed by atoms with Gasteiger partial charge < -0.3 is 10.6 Å². The summed E-state index contributed by atoms with van der Waals surface area (Å²) in [6, 6.07) is 33.2. The summed E-state index contributed by atoms with van der Waals surface area (Å²) in [6.07, 6.45) is 7.57. The van der Waals surface area contributed by atoms with Crippen LogP contribution in [0.15, 0.2) is 97.1 Å². The van der Waals surface area contributed by atoms with Gasteiger partial charge in [0.05, 0.1) is 0 Å². The van der Waals surface area contributed by atoms with Gasteiger partial charge in [-0.25, -0.2) is 0 Å². The molecule has 2 aliphatic carbocycles. The standard InChI is InChI=1S/C25H25NO.C11H13NO/c27-25-14-8-7-13-22-17-23(15-16-24(22)25)26(18-20-9-3-1-4-10-20)19-21-11-5-2-6-12-21;12-9-5-6-10-8(7-9)3-1-2-4-11(10)13/h1-6,9-12,15-17H,7-8,13-14,18-19H2;5-7H,1-4,12H2. The Hall–Kier alpha value is -4.18. The summed E-state index contributed by atoms with van der Waals surface area (Å²) < 4.78 is 0. The van der Waals surface area contributed by atoms with E-state index in [1.807, 2.05) is 24.3 Å². The van der Waals surface area contributed by atoms with E-state index in [9.17, 15) is 9.59 Å². The number of Topliss-reactive ketones (excluding diaryl/α,β-unsaturated/α-hetero) is 2. The van der Waals surface area contributed by atoms with Gasteiger partial charge in [-0.15, -0.1) is 0 Å². The van der Waals surface area contributed by atoms with Crippen LogP contribution in [-0.2, 0) is 25.9 Å². The molecule has 0 atom stereocenters. The van der Waals surface area contributed by atoms with E-state index >= 15 is 0 Å². The van der Waals surface area contributed by atoms with Crippen LogP contribution in [0.25, 0.3) is 0 Å². The third-order valence-electron chi connectivity index (χ3n) is 7.82. The number of carbonyl (C=O) groups excluding carboxylic acids is 2. The summed E-state index contributed by atoms with van der Waals surface area (Å²) in [6.45, 7) is 1.70. The van der Waals surface area contributed by atoms with Crippen molar-refractivity contribution in [2.45, 2.75) is 64.5 Å². The van der Waals surface area contributed by atoms with Gasteiger partial charge in [-0.05, 0) is 97.2 Å². The van der Waals surface area contributed by atoms with E-state index in [0.29, 0.717) is 18.6 Å². The fourth-order valence-electron chi connectivity index (χ4n) is 5.67. The Morgan fingerprint density at radius 1 is 0.550 bits per heavy atom. The zero-order valence-corrected chi connectivity index (χ0v) is 23.1. The second kappa shape index (κ2) is 13.3. The van der Waals surface area contributed by atoms with Crippen LogP contribution >= 0.6 is 0 Å². The number of nitrogens with zero attached hydrogens (tertiary/aromatic N) is 1. The number of aryl methyl sites for hydroxylation is 2. The summed E-state index contributed by atoms with van der Waals surface area (Å²) in [5.74, 6) is 0.569. The van der Waals surface area contributed by atoms with Crippen molar-refractivity contribution in [2.24, 2.45) is 0 Å². The van der Waals surface area contributed by atoms with Crippen LogP contribution in [0.2, 0.25) is 0 Å². The SMILES string of the molecule is Nc1ccc2c(c1)CCCCC2=O.O=C1CCCCc2cc(N(Cc3ccccc3)Cc3ccccc3)ccc21. The van der Waals surface area contributed by atoms with E-state index < -0.39 is 0 Å². The third-order valence-corrected chi connectivity index (χ3v) is 7.82. The number of fused-ring (bicyclic) bond motifs is 2. The van der Waals surface area contributed by atoms with Gasteiger partial charge in [-0.2, -0.15) is 0 Å². The molecule has 0 spiro atoms. The van der Waals surface area contributed by atoms with Crippen molar-refractivity contribution in [3.05, 3.63) is 130 Å². The number of ketones is 2. The van der Waals surface area contributed by atoms with Crippen molar-refractivity contribution < 1.29 is 9.59 Å². The minimum atomic E-state index is 0.271. The molecule has 0 amide bonds. The molecule has 4 nitrogen and oxygen atoms in total. The molecule has 4 aromatic carbocycles. The molecule has 0 fully saturated rings. The minimum absolute atomic E-state index is 0.271. The molecule has 0 saturated carbocycles. The summed E-state index contributed by atoms with van der Waals surface area (Å²) >= 11 is 0. The molecule has 0 radical (unpaired) electrons. The normalized spacial score (nSPS) is 14.6. The predicted molar refractivity (Wildman–Crippen MR) is 164 cm³/mol. The Morgan fingerprint density at radius 2 is 1.02 bits per heavy atom. The first kappa shape index (κ1) is 27.4. The first-order valence-corrected chi connectivity index (χ1v) is 14.5. The number of hydrogen-bond donors (Lipinski definition) is 1. The molecule has 0 saturated heterocycles. The third kappa shape index (κ3) is 7.06. The second-order valence-corrected chi connectivity index (χ2v) is 10.8. The molecule has 0 bridgehead atoms. The second-order valence-electron chi connectivity index (χ2n) is 10.8. The number of nitrogen functional groups attached to an aromatic ring is 1. The Kier molecular flexibility index (Phi) is 9.07. The van der Waals surface area contributed by atoms with Crippen LogP contribution in [0.4, 0.5) is 11.4 Å². The van der Waals surface area contributed by atoms with Crippen molar-refractivity contribution in [1.82, 2.24) is 0 Å². The average molecular weight is 531 g/mol. The molecule has 0 aromatic heterocycles. The highest BCUT2D eigenvalue weighted by Crippen LogP contribution is 2.28. The largest absolute Gasteiger partial charge is 0.399 e. The maximum absolute atomic E-state index is 12.4. The molecular formula is C36H38N2O2. The lowest BCUT2D eigenvalue weighted by Gasteiger charge is -2.26. The van der Waals surface area contributed by atoms with Crippen LogP contribution in [0.3, 0.4) is 0 Å². The molecule has 6 rings (SSSR count). The molecule has 204 valence electrons. The molecule has 0 unspecified atom stereocenters. The number of anilines is 2. The molecule has 0 heterocycles. The highest BCUT2D eigenvalue weighted by Gasteiger charge is 2.18. The summed E-state index contributed by atoms with van der Waals surface area (Å²) in [5, 5.41) is 0. The predicted octanol–water partition coefficient (Wildman–Crippen LogP) is 7.98. The van der Waals surface area contributed by atoms with Crippen LogP contribution in [-0.4, -0.2) is 11.6 Å². The number of hydrogen-bond acceptors (Lipinski definition) is 4. The molecular weight excluding hydrogens is 492 g/mol. The van der Waals surface area contributed by atoms with Gasteiger partial charge in [0.1, 0.15) is 0 Å². The van der Waals surface area contributed by atoms with E-state index in [0.717, 1.165) is 74.0 Å².